The Morgan fingerprint density at radius 2 is 1.83 bits per heavy atom. The van der Waals surface area contributed by atoms with E-state index in [4.69, 9.17) is 5.73 Å². The molecule has 214 valence electrons. The second kappa shape index (κ2) is 10.6. The van der Waals surface area contributed by atoms with Crippen LogP contribution in [0.25, 0.3) is 22.0 Å². The van der Waals surface area contributed by atoms with E-state index in [2.05, 4.69) is 25.5 Å². The quantitative estimate of drug-likeness (QED) is 0.253. The topological polar surface area (TPSA) is 154 Å². The van der Waals surface area contributed by atoms with Crippen LogP contribution in [0.3, 0.4) is 0 Å². The van der Waals surface area contributed by atoms with Crippen LogP contribution < -0.4 is 11.1 Å². The fraction of sp³-hybridized carbons (Fsp3) is 0.320. The highest BCUT2D eigenvalue weighted by Gasteiger charge is 2.40. The van der Waals surface area contributed by atoms with Crippen molar-refractivity contribution in [2.75, 3.05) is 17.6 Å². The average molecular weight is 574 g/mol. The highest BCUT2D eigenvalue weighted by molar-refractivity contribution is 6.06. The van der Waals surface area contributed by atoms with Crippen molar-refractivity contribution in [3.05, 3.63) is 48.5 Å². The van der Waals surface area contributed by atoms with E-state index in [1.807, 2.05) is 0 Å². The van der Waals surface area contributed by atoms with Gasteiger partial charge in [-0.15, -0.1) is 0 Å². The lowest BCUT2D eigenvalue weighted by molar-refractivity contribution is -0.142. The van der Waals surface area contributed by atoms with Crippen molar-refractivity contribution in [2.45, 2.75) is 44.8 Å². The van der Waals surface area contributed by atoms with Crippen LogP contribution in [-0.4, -0.2) is 77.0 Å². The summed E-state index contributed by atoms with van der Waals surface area (Å²) in [6.45, 7) is -0.777. The number of fused-ring (bicyclic) bond motifs is 1. The third-order valence-electron chi connectivity index (χ3n) is 6.48. The first-order chi connectivity index (χ1) is 19.4. The van der Waals surface area contributed by atoms with Gasteiger partial charge in [-0.2, -0.15) is 23.4 Å². The number of hydrogen-bond acceptors (Lipinski definition) is 8. The molecule has 16 heteroatoms. The second-order valence-corrected chi connectivity index (χ2v) is 9.52. The fourth-order valence-electron chi connectivity index (χ4n) is 4.66. The number of carbonyl (C=O) groups excluding carboxylic acids is 3. The third-order valence-corrected chi connectivity index (χ3v) is 6.48. The van der Waals surface area contributed by atoms with Gasteiger partial charge in [0.1, 0.15) is 31.0 Å². The van der Waals surface area contributed by atoms with Gasteiger partial charge in [0, 0.05) is 49.0 Å². The molecule has 2 amide bonds. The molecular weight excluding hydrogens is 550 g/mol. The summed E-state index contributed by atoms with van der Waals surface area (Å²) in [7, 11) is 0. The van der Waals surface area contributed by atoms with Crippen LogP contribution in [-0.2, 0) is 22.7 Å². The summed E-state index contributed by atoms with van der Waals surface area (Å²) in [5.74, 6) is -1.84. The van der Waals surface area contributed by atoms with Crippen molar-refractivity contribution in [3.8, 4) is 11.1 Å². The zero-order chi connectivity index (χ0) is 29.5. The molecule has 4 heterocycles. The first-order valence-electron chi connectivity index (χ1n) is 12.3. The van der Waals surface area contributed by atoms with Crippen LogP contribution in [0.5, 0.6) is 0 Å². The fourth-order valence-corrected chi connectivity index (χ4v) is 4.66. The summed E-state index contributed by atoms with van der Waals surface area (Å²) < 4.78 is 54.1. The van der Waals surface area contributed by atoms with Gasteiger partial charge in [0.05, 0.1) is 12.1 Å². The number of carbonyl (C=O) groups is 3. The smallest absolute Gasteiger partial charge is 0.368 e. The summed E-state index contributed by atoms with van der Waals surface area (Å²) in [4.78, 5) is 47.5. The monoisotopic (exact) mass is 573 g/mol. The van der Waals surface area contributed by atoms with Gasteiger partial charge in [0.25, 0.3) is 0 Å². The number of anilines is 2. The van der Waals surface area contributed by atoms with Crippen LogP contribution in [0, 0.1) is 0 Å². The van der Waals surface area contributed by atoms with Gasteiger partial charge in [-0.05, 0) is 17.7 Å². The first kappa shape index (κ1) is 27.7. The summed E-state index contributed by atoms with van der Waals surface area (Å²) >= 11 is 0. The first-order valence-corrected chi connectivity index (χ1v) is 12.3. The van der Waals surface area contributed by atoms with Crippen molar-refractivity contribution in [2.24, 2.45) is 0 Å². The lowest BCUT2D eigenvalue weighted by Crippen LogP contribution is -2.44. The molecule has 0 spiro atoms. The molecule has 1 aromatic carbocycles. The van der Waals surface area contributed by atoms with Crippen molar-refractivity contribution in [3.63, 3.8) is 0 Å². The van der Waals surface area contributed by atoms with Crippen LogP contribution in [0.1, 0.15) is 23.8 Å². The van der Waals surface area contributed by atoms with Gasteiger partial charge in [0.2, 0.25) is 17.8 Å². The maximum absolute atomic E-state index is 14.4. The van der Waals surface area contributed by atoms with Crippen molar-refractivity contribution in [1.82, 2.24) is 34.4 Å². The Kier molecular flexibility index (Phi) is 7.15. The number of ketones is 1. The molecule has 5 rings (SSSR count). The molecule has 1 fully saturated rings. The van der Waals surface area contributed by atoms with E-state index in [1.165, 1.54) is 30.1 Å². The summed E-state index contributed by atoms with van der Waals surface area (Å²) in [6, 6.07) is 5.04. The Hall–Kier alpha value is -4.89. The van der Waals surface area contributed by atoms with Gasteiger partial charge in [-0.25, -0.2) is 14.4 Å². The lowest BCUT2D eigenvalue weighted by atomic mass is 10.0. The highest BCUT2D eigenvalue weighted by atomic mass is 19.4. The number of amides is 2. The Morgan fingerprint density at radius 1 is 1.10 bits per heavy atom. The predicted octanol–water partition coefficient (Wildman–Crippen LogP) is 2.61. The molecule has 0 bridgehead atoms. The second-order valence-electron chi connectivity index (χ2n) is 9.52. The Balaban J connectivity index is 1.36. The number of aromatic nitrogens is 6. The van der Waals surface area contributed by atoms with Crippen molar-refractivity contribution >= 4 is 40.3 Å². The summed E-state index contributed by atoms with van der Waals surface area (Å²) in [6.07, 6.45) is -2.21. The largest absolute Gasteiger partial charge is 0.408 e. The molecule has 12 nitrogen and oxygen atoms in total. The SMILES string of the molecule is CC(=O)c1nn(CC(=O)N2C[C@H](F)C[C@H]2C(=O)Nc2ccn(CC(F)(F)F)n2)c2ccc(-c3cnc(N)nc3)cc12. The molecule has 1 aliphatic rings. The molecule has 0 unspecified atom stereocenters. The van der Waals surface area contributed by atoms with E-state index in [1.54, 1.807) is 18.2 Å². The highest BCUT2D eigenvalue weighted by Crippen LogP contribution is 2.28. The Bertz CT molecular complexity index is 1630. The van der Waals surface area contributed by atoms with E-state index in [-0.39, 0.29) is 36.2 Å². The van der Waals surface area contributed by atoms with E-state index in [9.17, 15) is 31.9 Å². The summed E-state index contributed by atoms with van der Waals surface area (Å²) in [5, 5.41) is 10.8. The number of nitrogens with zero attached hydrogens (tertiary/aromatic N) is 7. The molecule has 0 saturated carbocycles. The molecule has 0 radical (unpaired) electrons. The molecule has 41 heavy (non-hydrogen) atoms. The Labute approximate surface area is 229 Å². The van der Waals surface area contributed by atoms with Gasteiger partial charge < -0.3 is 16.0 Å². The van der Waals surface area contributed by atoms with E-state index < -0.39 is 43.3 Å². The van der Waals surface area contributed by atoms with Crippen molar-refractivity contribution < 1.29 is 31.9 Å². The van der Waals surface area contributed by atoms with Gasteiger partial charge >= 0.3 is 6.18 Å². The number of Topliss-reactive ketones (excluding diaryl/α,β-unsaturated/α-hetero) is 1. The minimum Gasteiger partial charge on any atom is -0.368 e. The molecule has 0 aliphatic carbocycles. The standard InChI is InChI=1S/C25H23F4N9O3/c1-13(39)22-17-6-14(15-8-31-24(30)32-9-15)2-3-18(17)38(35-22)11-21(40)37-10-16(26)7-19(37)23(41)33-20-4-5-36(34-20)12-25(27,28)29/h2-6,8-9,16,19H,7,10-12H2,1H3,(H2,30,31,32)(H,33,34,41)/t16-,19+/m1/s1. The van der Waals surface area contributed by atoms with Crippen LogP contribution in [0.2, 0.25) is 0 Å². The molecule has 1 saturated heterocycles. The number of nitrogen functional groups attached to an aromatic ring is 1. The molecule has 2 atom stereocenters. The number of alkyl halides is 4. The minimum atomic E-state index is -4.51. The van der Waals surface area contributed by atoms with Crippen LogP contribution in [0.15, 0.2) is 42.9 Å². The number of benzene rings is 1. The zero-order valence-electron chi connectivity index (χ0n) is 21.5. The van der Waals surface area contributed by atoms with E-state index in [0.29, 0.717) is 26.7 Å². The molecule has 3 aromatic heterocycles. The summed E-state index contributed by atoms with van der Waals surface area (Å²) in [5.41, 5.74) is 7.44. The van der Waals surface area contributed by atoms with Crippen LogP contribution >= 0.6 is 0 Å². The number of halogens is 4. The van der Waals surface area contributed by atoms with Gasteiger partial charge in [-0.1, -0.05) is 6.07 Å². The van der Waals surface area contributed by atoms with Crippen LogP contribution in [0.4, 0.5) is 29.3 Å². The number of hydrogen-bond donors (Lipinski definition) is 2. The number of rotatable bonds is 7. The maximum Gasteiger partial charge on any atom is 0.408 e. The van der Waals surface area contributed by atoms with E-state index >= 15 is 0 Å². The molecular formula is C25H23F4N9O3. The van der Waals surface area contributed by atoms with Gasteiger partial charge in [-0.3, -0.25) is 23.7 Å². The zero-order valence-corrected chi connectivity index (χ0v) is 21.5. The lowest BCUT2D eigenvalue weighted by Gasteiger charge is -2.23. The third kappa shape index (κ3) is 6.00. The number of likely N-dealkylation sites (tertiary alicyclic amines) is 1. The molecule has 1 aliphatic heterocycles. The molecule has 3 N–H and O–H groups in total. The normalized spacial score (nSPS) is 17.2. The molecule has 4 aromatic rings. The minimum absolute atomic E-state index is 0.103. The van der Waals surface area contributed by atoms with Crippen molar-refractivity contribution in [1.29, 1.82) is 0 Å². The number of nitrogens with one attached hydrogen (secondary N) is 1. The Morgan fingerprint density at radius 3 is 2.51 bits per heavy atom. The average Bonchev–Trinajstić information content (AvgIpc) is 3.60. The number of nitrogens with two attached hydrogens (primary N) is 1. The van der Waals surface area contributed by atoms with E-state index in [0.717, 1.165) is 11.1 Å². The predicted molar refractivity (Wildman–Crippen MR) is 137 cm³/mol. The maximum atomic E-state index is 14.4. The van der Waals surface area contributed by atoms with Gasteiger partial charge in [0.15, 0.2) is 11.6 Å².